The lowest BCUT2D eigenvalue weighted by Crippen LogP contribution is -2.27. The molecule has 1 aliphatic rings. The number of para-hydroxylation sites is 1. The van der Waals surface area contributed by atoms with Gasteiger partial charge in [-0.1, -0.05) is 51.8 Å². The largest absolute Gasteiger partial charge is 0.316 e. The second kappa shape index (κ2) is 8.46. The Morgan fingerprint density at radius 2 is 1.77 bits per heavy atom. The van der Waals surface area contributed by atoms with Crippen LogP contribution in [0, 0.1) is 13.8 Å². The third kappa shape index (κ3) is 4.00. The summed E-state index contributed by atoms with van der Waals surface area (Å²) < 4.78 is 3.01. The predicted octanol–water partition coefficient (Wildman–Crippen LogP) is 6.75. The molecule has 3 aromatic rings. The topological polar surface area (TPSA) is 42.3 Å². The number of carbonyl (C=O) groups is 2. The molecule has 2 amide bonds. The maximum atomic E-state index is 12.9. The van der Waals surface area contributed by atoms with Crippen molar-refractivity contribution < 1.29 is 9.59 Å². The molecule has 1 aromatic heterocycles. The Bertz CT molecular complexity index is 1180. The number of halogens is 2. The van der Waals surface area contributed by atoms with Crippen LogP contribution in [0.1, 0.15) is 22.5 Å². The number of hydrogen-bond acceptors (Lipinski definition) is 3. The van der Waals surface area contributed by atoms with Crippen molar-refractivity contribution in [2.75, 3.05) is 0 Å². The van der Waals surface area contributed by atoms with Crippen molar-refractivity contribution in [1.29, 1.82) is 0 Å². The Morgan fingerprint density at radius 3 is 2.47 bits per heavy atom. The average molecular weight is 502 g/mol. The molecule has 0 saturated carbocycles. The molecule has 0 N–H and O–H groups in total. The van der Waals surface area contributed by atoms with Crippen LogP contribution < -0.4 is 0 Å². The minimum absolute atomic E-state index is 0.255. The van der Waals surface area contributed by atoms with Crippen molar-refractivity contribution in [3.63, 3.8) is 0 Å². The number of amides is 2. The van der Waals surface area contributed by atoms with E-state index in [0.717, 1.165) is 44.4 Å². The van der Waals surface area contributed by atoms with Crippen molar-refractivity contribution in [3.05, 3.63) is 91.5 Å². The monoisotopic (exact) mass is 500 g/mol. The molecule has 7 heteroatoms. The molecule has 2 heterocycles. The van der Waals surface area contributed by atoms with Gasteiger partial charge in [0.15, 0.2) is 0 Å². The van der Waals surface area contributed by atoms with Crippen molar-refractivity contribution in [3.8, 4) is 5.69 Å². The van der Waals surface area contributed by atoms with Gasteiger partial charge < -0.3 is 4.57 Å². The first-order valence-electron chi connectivity index (χ1n) is 9.29. The zero-order valence-corrected chi connectivity index (χ0v) is 19.5. The number of thioether (sulfide) groups is 1. The van der Waals surface area contributed by atoms with Gasteiger partial charge in [-0.3, -0.25) is 14.5 Å². The van der Waals surface area contributed by atoms with Gasteiger partial charge in [-0.25, -0.2) is 0 Å². The Kier molecular flexibility index (Phi) is 5.91. The molecule has 152 valence electrons. The minimum Gasteiger partial charge on any atom is -0.316 e. The normalized spacial score (nSPS) is 15.5. The van der Waals surface area contributed by atoms with E-state index in [1.165, 1.54) is 4.90 Å². The third-order valence-corrected chi connectivity index (χ3v) is 6.73. The van der Waals surface area contributed by atoms with Gasteiger partial charge in [0, 0.05) is 15.9 Å². The Balaban J connectivity index is 1.63. The van der Waals surface area contributed by atoms with Gasteiger partial charge in [0.1, 0.15) is 0 Å². The highest BCUT2D eigenvalue weighted by Crippen LogP contribution is 2.35. The lowest BCUT2D eigenvalue weighted by Gasteiger charge is -2.12. The van der Waals surface area contributed by atoms with Gasteiger partial charge in [0.25, 0.3) is 11.1 Å². The van der Waals surface area contributed by atoms with E-state index in [0.29, 0.717) is 9.93 Å². The first-order chi connectivity index (χ1) is 14.3. The van der Waals surface area contributed by atoms with Crippen LogP contribution in [0.5, 0.6) is 0 Å². The van der Waals surface area contributed by atoms with Crippen LogP contribution in [-0.2, 0) is 11.3 Å². The quantitative estimate of drug-likeness (QED) is 0.372. The maximum absolute atomic E-state index is 12.9. The molecule has 0 unspecified atom stereocenters. The molecular formula is C23H18BrClN2O2S. The molecule has 1 saturated heterocycles. The summed E-state index contributed by atoms with van der Waals surface area (Å²) >= 11 is 10.8. The Morgan fingerprint density at radius 1 is 1.07 bits per heavy atom. The first kappa shape index (κ1) is 21.0. The maximum Gasteiger partial charge on any atom is 0.293 e. The highest BCUT2D eigenvalue weighted by Gasteiger charge is 2.35. The summed E-state index contributed by atoms with van der Waals surface area (Å²) in [6.45, 7) is 4.23. The van der Waals surface area contributed by atoms with Crippen molar-refractivity contribution in [2.24, 2.45) is 0 Å². The van der Waals surface area contributed by atoms with E-state index < -0.39 is 0 Å². The Hall–Kier alpha value is -2.28. The summed E-state index contributed by atoms with van der Waals surface area (Å²) in [4.78, 5) is 27.1. The van der Waals surface area contributed by atoms with Crippen LogP contribution in [0.15, 0.2) is 64.0 Å². The van der Waals surface area contributed by atoms with E-state index in [1.54, 1.807) is 6.08 Å². The number of nitrogens with zero attached hydrogens (tertiary/aromatic N) is 2. The average Bonchev–Trinajstić information content (AvgIpc) is 3.14. The summed E-state index contributed by atoms with van der Waals surface area (Å²) in [5.41, 5.74) is 4.64. The molecule has 0 radical (unpaired) electrons. The molecule has 2 aromatic carbocycles. The van der Waals surface area contributed by atoms with E-state index >= 15 is 0 Å². The second-order valence-corrected chi connectivity index (χ2v) is 9.32. The second-order valence-electron chi connectivity index (χ2n) is 7.01. The van der Waals surface area contributed by atoms with Crippen molar-refractivity contribution >= 4 is 56.5 Å². The smallest absolute Gasteiger partial charge is 0.293 e. The highest BCUT2D eigenvalue weighted by atomic mass is 79.9. The fourth-order valence-corrected chi connectivity index (χ4v) is 4.80. The van der Waals surface area contributed by atoms with Gasteiger partial charge in [-0.2, -0.15) is 0 Å². The summed E-state index contributed by atoms with van der Waals surface area (Å²) in [5, 5.41) is 0.398. The first-order valence-corrected chi connectivity index (χ1v) is 11.3. The molecule has 0 bridgehead atoms. The number of imide groups is 1. The number of hydrogen-bond donors (Lipinski definition) is 0. The molecule has 30 heavy (non-hydrogen) atoms. The van der Waals surface area contributed by atoms with Gasteiger partial charge in [-0.15, -0.1) is 0 Å². The molecule has 4 rings (SSSR count). The number of rotatable bonds is 4. The molecule has 0 spiro atoms. The summed E-state index contributed by atoms with van der Waals surface area (Å²) in [6, 6.07) is 17.2. The predicted molar refractivity (Wildman–Crippen MR) is 126 cm³/mol. The fourth-order valence-electron chi connectivity index (χ4n) is 3.49. The number of aryl methyl sites for hydroxylation is 1. The van der Waals surface area contributed by atoms with E-state index in [2.05, 4.69) is 20.5 Å². The standard InChI is InChI=1S/C23H18BrClN2O2S/c1-14-11-17(15(2)27(14)20-6-4-3-5-19(20)25)12-21-22(28)26(23(29)30-21)13-16-7-9-18(24)10-8-16/h3-12H,13H2,1-2H3/b21-12-. The van der Waals surface area contributed by atoms with Crippen LogP contribution in [0.2, 0.25) is 5.02 Å². The SMILES string of the molecule is Cc1cc(/C=C2\SC(=O)N(Cc3ccc(Br)cc3)C2=O)c(C)n1-c1ccccc1Cl. The van der Waals surface area contributed by atoms with Crippen molar-refractivity contribution in [2.45, 2.75) is 20.4 Å². The van der Waals surface area contributed by atoms with Crippen LogP contribution in [0.25, 0.3) is 11.8 Å². The molecule has 1 aliphatic heterocycles. The molecule has 0 atom stereocenters. The molecule has 1 fully saturated rings. The number of aromatic nitrogens is 1. The zero-order chi connectivity index (χ0) is 21.4. The van der Waals surface area contributed by atoms with E-state index in [4.69, 9.17) is 11.6 Å². The van der Waals surface area contributed by atoms with Gasteiger partial charge in [0.2, 0.25) is 0 Å². The summed E-state index contributed by atoms with van der Waals surface area (Å²) in [5.74, 6) is -0.268. The Labute approximate surface area is 192 Å². The van der Waals surface area contributed by atoms with Crippen LogP contribution in [0.4, 0.5) is 4.79 Å². The van der Waals surface area contributed by atoms with Gasteiger partial charge in [-0.05, 0) is 73.1 Å². The van der Waals surface area contributed by atoms with Gasteiger partial charge in [0.05, 0.1) is 22.2 Å². The minimum atomic E-state index is -0.268. The molecule has 4 nitrogen and oxygen atoms in total. The molecule has 0 aliphatic carbocycles. The van der Waals surface area contributed by atoms with E-state index in [-0.39, 0.29) is 17.7 Å². The van der Waals surface area contributed by atoms with Crippen molar-refractivity contribution in [1.82, 2.24) is 9.47 Å². The number of carbonyl (C=O) groups excluding carboxylic acids is 2. The fraction of sp³-hybridized carbons (Fsp3) is 0.130. The number of benzene rings is 2. The highest BCUT2D eigenvalue weighted by molar-refractivity contribution is 9.10. The zero-order valence-electron chi connectivity index (χ0n) is 16.4. The lowest BCUT2D eigenvalue weighted by atomic mass is 10.2. The molecular weight excluding hydrogens is 484 g/mol. The van der Waals surface area contributed by atoms with E-state index in [1.807, 2.05) is 68.4 Å². The van der Waals surface area contributed by atoms with E-state index in [9.17, 15) is 9.59 Å². The third-order valence-electron chi connectivity index (χ3n) is 4.98. The van der Waals surface area contributed by atoms with Crippen LogP contribution in [-0.4, -0.2) is 20.6 Å². The lowest BCUT2D eigenvalue weighted by molar-refractivity contribution is -0.123. The summed E-state index contributed by atoms with van der Waals surface area (Å²) in [6.07, 6.45) is 1.79. The summed E-state index contributed by atoms with van der Waals surface area (Å²) in [7, 11) is 0. The van der Waals surface area contributed by atoms with Crippen LogP contribution >= 0.6 is 39.3 Å². The van der Waals surface area contributed by atoms with Crippen LogP contribution in [0.3, 0.4) is 0 Å². The van der Waals surface area contributed by atoms with Gasteiger partial charge >= 0.3 is 0 Å².